The minimum Gasteiger partial charge on any atom is -0.466 e. The summed E-state index contributed by atoms with van der Waals surface area (Å²) in [5.74, 6) is 0.0282. The van der Waals surface area contributed by atoms with Crippen molar-refractivity contribution in [3.8, 4) is 0 Å². The van der Waals surface area contributed by atoms with E-state index in [0.29, 0.717) is 13.0 Å². The predicted molar refractivity (Wildman–Crippen MR) is 170 cm³/mol. The van der Waals surface area contributed by atoms with Crippen LogP contribution in [0.15, 0.2) is 0 Å². The number of hydrogen-bond acceptors (Lipinski definition) is 2. The van der Waals surface area contributed by atoms with Crippen molar-refractivity contribution in [1.29, 1.82) is 0 Å². The van der Waals surface area contributed by atoms with Crippen LogP contribution in [-0.2, 0) is 9.53 Å². The summed E-state index contributed by atoms with van der Waals surface area (Å²) in [5.41, 5.74) is 0. The molecule has 0 aliphatic rings. The highest BCUT2D eigenvalue weighted by Crippen LogP contribution is 2.15. The van der Waals surface area contributed by atoms with Gasteiger partial charge in [0.05, 0.1) is 6.61 Å². The maximum absolute atomic E-state index is 11.9. The van der Waals surface area contributed by atoms with E-state index in [1.807, 2.05) is 0 Å². The molecule has 0 aromatic heterocycles. The molecule has 0 N–H and O–H groups in total. The average Bonchev–Trinajstić information content (AvgIpc) is 2.92. The molecular formula is C36H72O2. The van der Waals surface area contributed by atoms with Crippen LogP contribution in [0.25, 0.3) is 0 Å². The summed E-state index contributed by atoms with van der Waals surface area (Å²) in [6.07, 6.45) is 43.1. The first kappa shape index (κ1) is 37.5. The zero-order valence-corrected chi connectivity index (χ0v) is 26.7. The quantitative estimate of drug-likeness (QED) is 0.0615. The van der Waals surface area contributed by atoms with Gasteiger partial charge in [-0.3, -0.25) is 4.79 Å². The molecule has 0 aliphatic carbocycles. The van der Waals surface area contributed by atoms with Crippen LogP contribution in [0.5, 0.6) is 0 Å². The lowest BCUT2D eigenvalue weighted by Gasteiger charge is -2.06. The molecule has 0 aliphatic heterocycles. The minimum absolute atomic E-state index is 0.0282. The monoisotopic (exact) mass is 537 g/mol. The smallest absolute Gasteiger partial charge is 0.305 e. The zero-order chi connectivity index (χ0) is 27.6. The van der Waals surface area contributed by atoms with Crippen molar-refractivity contribution < 1.29 is 9.53 Å². The second kappa shape index (κ2) is 34.5. The summed E-state index contributed by atoms with van der Waals surface area (Å²) in [4.78, 5) is 11.9. The van der Waals surface area contributed by atoms with Crippen LogP contribution in [0.4, 0.5) is 0 Å². The van der Waals surface area contributed by atoms with Gasteiger partial charge in [0.1, 0.15) is 0 Å². The van der Waals surface area contributed by atoms with E-state index in [9.17, 15) is 4.79 Å². The van der Waals surface area contributed by atoms with Crippen LogP contribution in [0.3, 0.4) is 0 Å². The number of hydrogen-bond donors (Lipinski definition) is 0. The third-order valence-corrected chi connectivity index (χ3v) is 8.25. The van der Waals surface area contributed by atoms with Gasteiger partial charge < -0.3 is 4.74 Å². The van der Waals surface area contributed by atoms with Gasteiger partial charge in [0.15, 0.2) is 0 Å². The molecule has 0 spiro atoms. The zero-order valence-electron chi connectivity index (χ0n) is 26.7. The second-order valence-corrected chi connectivity index (χ2v) is 12.2. The lowest BCUT2D eigenvalue weighted by molar-refractivity contribution is -0.143. The topological polar surface area (TPSA) is 26.3 Å². The molecule has 0 amide bonds. The number of ether oxygens (including phenoxy) is 1. The number of unbranched alkanes of at least 4 members (excludes halogenated alkanes) is 29. The summed E-state index contributed by atoms with van der Waals surface area (Å²) in [7, 11) is 0. The van der Waals surface area contributed by atoms with E-state index in [0.717, 1.165) is 12.8 Å². The summed E-state index contributed by atoms with van der Waals surface area (Å²) in [6, 6.07) is 0. The van der Waals surface area contributed by atoms with Crippen LogP contribution < -0.4 is 0 Å². The van der Waals surface area contributed by atoms with E-state index in [1.54, 1.807) is 0 Å². The molecular weight excluding hydrogens is 464 g/mol. The molecule has 0 fully saturated rings. The minimum atomic E-state index is 0.0282. The largest absolute Gasteiger partial charge is 0.466 e. The van der Waals surface area contributed by atoms with Crippen molar-refractivity contribution in [3.63, 3.8) is 0 Å². The van der Waals surface area contributed by atoms with Gasteiger partial charge >= 0.3 is 5.97 Å². The van der Waals surface area contributed by atoms with Crippen molar-refractivity contribution in [3.05, 3.63) is 0 Å². The van der Waals surface area contributed by atoms with Gasteiger partial charge in [-0.2, -0.15) is 0 Å². The van der Waals surface area contributed by atoms with Gasteiger partial charge in [0.2, 0.25) is 0 Å². The molecule has 0 radical (unpaired) electrons. The SMILES string of the molecule is CCCCCCCCCCCCCCCCCCCOC(=O)CCCCCCCCCCCCCCCC. The lowest BCUT2D eigenvalue weighted by Crippen LogP contribution is -2.05. The Bertz CT molecular complexity index is 433. The molecule has 0 aromatic carbocycles. The van der Waals surface area contributed by atoms with Gasteiger partial charge in [0.25, 0.3) is 0 Å². The molecule has 2 heteroatoms. The maximum atomic E-state index is 11.9. The molecule has 0 bridgehead atoms. The van der Waals surface area contributed by atoms with E-state index in [2.05, 4.69) is 13.8 Å². The van der Waals surface area contributed by atoms with E-state index in [1.165, 1.54) is 186 Å². The van der Waals surface area contributed by atoms with Gasteiger partial charge in [-0.25, -0.2) is 0 Å². The highest BCUT2D eigenvalue weighted by atomic mass is 16.5. The first-order chi connectivity index (χ1) is 18.8. The molecule has 38 heavy (non-hydrogen) atoms. The van der Waals surface area contributed by atoms with Crippen molar-refractivity contribution in [1.82, 2.24) is 0 Å². The normalized spacial score (nSPS) is 11.3. The number of carbonyl (C=O) groups excluding carboxylic acids is 1. The van der Waals surface area contributed by atoms with Gasteiger partial charge in [-0.15, -0.1) is 0 Å². The number of esters is 1. The molecule has 0 aromatic rings. The van der Waals surface area contributed by atoms with Crippen LogP contribution in [-0.4, -0.2) is 12.6 Å². The third-order valence-electron chi connectivity index (χ3n) is 8.25. The Labute approximate surface area is 241 Å². The average molecular weight is 537 g/mol. The fourth-order valence-corrected chi connectivity index (χ4v) is 5.55. The number of carbonyl (C=O) groups is 1. The molecule has 0 atom stereocenters. The lowest BCUT2D eigenvalue weighted by atomic mass is 10.0. The van der Waals surface area contributed by atoms with Crippen LogP contribution in [0.2, 0.25) is 0 Å². The summed E-state index contributed by atoms with van der Waals surface area (Å²) < 4.78 is 5.44. The Morgan fingerprint density at radius 3 is 0.868 bits per heavy atom. The first-order valence-electron chi connectivity index (χ1n) is 18.0. The van der Waals surface area contributed by atoms with Crippen molar-refractivity contribution >= 4 is 5.97 Å². The standard InChI is InChI=1S/C36H72O2/c1-3-5-7-9-11-13-15-17-19-20-21-23-25-27-29-31-33-35-38-36(37)34-32-30-28-26-24-22-18-16-14-12-10-8-6-4-2/h3-35H2,1-2H3. The van der Waals surface area contributed by atoms with Crippen molar-refractivity contribution in [2.24, 2.45) is 0 Å². The molecule has 0 unspecified atom stereocenters. The van der Waals surface area contributed by atoms with Crippen LogP contribution in [0.1, 0.15) is 219 Å². The highest BCUT2D eigenvalue weighted by molar-refractivity contribution is 5.69. The van der Waals surface area contributed by atoms with E-state index in [-0.39, 0.29) is 5.97 Å². The Morgan fingerprint density at radius 2 is 0.579 bits per heavy atom. The Balaban J connectivity index is 3.14. The van der Waals surface area contributed by atoms with Crippen molar-refractivity contribution in [2.45, 2.75) is 219 Å². The Hall–Kier alpha value is -0.530. The van der Waals surface area contributed by atoms with Gasteiger partial charge in [-0.05, 0) is 12.8 Å². The van der Waals surface area contributed by atoms with E-state index >= 15 is 0 Å². The summed E-state index contributed by atoms with van der Waals surface area (Å²) in [5, 5.41) is 0. The Kier molecular flexibility index (Phi) is 34.0. The van der Waals surface area contributed by atoms with Crippen LogP contribution >= 0.6 is 0 Å². The fraction of sp³-hybridized carbons (Fsp3) is 0.972. The third kappa shape index (κ3) is 33.5. The maximum Gasteiger partial charge on any atom is 0.305 e. The molecule has 2 nitrogen and oxygen atoms in total. The van der Waals surface area contributed by atoms with Gasteiger partial charge in [-0.1, -0.05) is 200 Å². The second-order valence-electron chi connectivity index (χ2n) is 12.2. The highest BCUT2D eigenvalue weighted by Gasteiger charge is 2.03. The van der Waals surface area contributed by atoms with Crippen LogP contribution in [0, 0.1) is 0 Å². The summed E-state index contributed by atoms with van der Waals surface area (Å²) in [6.45, 7) is 5.21. The summed E-state index contributed by atoms with van der Waals surface area (Å²) >= 11 is 0. The molecule has 0 heterocycles. The molecule has 0 saturated heterocycles. The Morgan fingerprint density at radius 1 is 0.342 bits per heavy atom. The number of rotatable bonds is 33. The molecule has 0 rings (SSSR count). The first-order valence-corrected chi connectivity index (χ1v) is 18.0. The molecule has 228 valence electrons. The van der Waals surface area contributed by atoms with E-state index < -0.39 is 0 Å². The fourth-order valence-electron chi connectivity index (χ4n) is 5.55. The predicted octanol–water partition coefficient (Wildman–Crippen LogP) is 13.1. The molecule has 0 saturated carbocycles. The van der Waals surface area contributed by atoms with Gasteiger partial charge in [0, 0.05) is 6.42 Å². The van der Waals surface area contributed by atoms with E-state index in [4.69, 9.17) is 4.74 Å². The van der Waals surface area contributed by atoms with Crippen molar-refractivity contribution in [2.75, 3.05) is 6.61 Å².